The highest BCUT2D eigenvalue weighted by Gasteiger charge is 2.39. The summed E-state index contributed by atoms with van der Waals surface area (Å²) in [6.45, 7) is 6.01. The van der Waals surface area contributed by atoms with Gasteiger partial charge in [-0.2, -0.15) is 0 Å². The SMILES string of the molecule is c1ccc(C(c2ccccc2)(c2ccccc2)n2cncc2CCCNCCCCN2CCCC2)cc1. The molecule has 4 heteroatoms. The molecule has 1 saturated heterocycles. The second-order valence-corrected chi connectivity index (χ2v) is 10.2. The number of aromatic nitrogens is 2. The van der Waals surface area contributed by atoms with Gasteiger partial charge in [-0.05, 0) is 87.9 Å². The molecule has 2 heterocycles. The van der Waals surface area contributed by atoms with Crippen molar-refractivity contribution in [3.63, 3.8) is 0 Å². The van der Waals surface area contributed by atoms with Gasteiger partial charge in [0, 0.05) is 11.9 Å². The first-order valence-electron chi connectivity index (χ1n) is 14.0. The van der Waals surface area contributed by atoms with E-state index >= 15 is 0 Å². The lowest BCUT2D eigenvalue weighted by atomic mass is 9.76. The Kier molecular flexibility index (Phi) is 8.83. The van der Waals surface area contributed by atoms with Gasteiger partial charge in [0.05, 0.1) is 6.33 Å². The van der Waals surface area contributed by atoms with Crippen LogP contribution in [0.15, 0.2) is 104 Å². The van der Waals surface area contributed by atoms with E-state index in [9.17, 15) is 0 Å². The van der Waals surface area contributed by atoms with Crippen LogP contribution in [0.25, 0.3) is 0 Å². The van der Waals surface area contributed by atoms with E-state index in [2.05, 4.69) is 117 Å². The van der Waals surface area contributed by atoms with Crippen molar-refractivity contribution in [1.29, 1.82) is 0 Å². The van der Waals surface area contributed by atoms with Gasteiger partial charge in [0.25, 0.3) is 0 Å². The maximum atomic E-state index is 4.68. The van der Waals surface area contributed by atoms with Gasteiger partial charge in [-0.1, -0.05) is 91.0 Å². The average Bonchev–Trinajstić information content (AvgIpc) is 3.66. The van der Waals surface area contributed by atoms with Crippen molar-refractivity contribution in [2.24, 2.45) is 0 Å². The van der Waals surface area contributed by atoms with E-state index in [-0.39, 0.29) is 0 Å². The number of aryl methyl sites for hydroxylation is 1. The van der Waals surface area contributed by atoms with Crippen LogP contribution in [0.1, 0.15) is 54.5 Å². The fraction of sp³-hybridized carbons (Fsp3) is 0.364. The van der Waals surface area contributed by atoms with Crippen LogP contribution in [0.2, 0.25) is 0 Å². The lowest BCUT2D eigenvalue weighted by Crippen LogP contribution is -2.38. The Morgan fingerprint density at radius 2 is 1.22 bits per heavy atom. The van der Waals surface area contributed by atoms with Gasteiger partial charge >= 0.3 is 0 Å². The zero-order chi connectivity index (χ0) is 25.2. The number of nitrogens with one attached hydrogen (secondary N) is 1. The highest BCUT2D eigenvalue weighted by molar-refractivity contribution is 5.51. The molecule has 0 amide bonds. The summed E-state index contributed by atoms with van der Waals surface area (Å²) >= 11 is 0. The molecular weight excluding hydrogens is 452 g/mol. The second kappa shape index (κ2) is 12.8. The standard InChI is InChI=1S/C33H40N4/c1-4-15-29(16-5-1)33(30-17-6-2-7-18-30,31-19-8-3-9-20-31)37-28-35-27-32(37)21-14-23-34-22-10-11-24-36-25-12-13-26-36/h1-9,15-20,27-28,34H,10-14,21-26H2. The van der Waals surface area contributed by atoms with Crippen LogP contribution in [-0.2, 0) is 12.0 Å². The Balaban J connectivity index is 1.33. The lowest BCUT2D eigenvalue weighted by Gasteiger charge is -2.38. The van der Waals surface area contributed by atoms with Crippen LogP contribution >= 0.6 is 0 Å². The molecule has 0 radical (unpaired) electrons. The Bertz CT molecular complexity index is 1080. The molecule has 0 spiro atoms. The Morgan fingerprint density at radius 1 is 0.676 bits per heavy atom. The number of unbranched alkanes of at least 4 members (excludes halogenated alkanes) is 1. The zero-order valence-electron chi connectivity index (χ0n) is 21.9. The third kappa shape index (κ3) is 5.87. The van der Waals surface area contributed by atoms with E-state index in [0.29, 0.717) is 0 Å². The summed E-state index contributed by atoms with van der Waals surface area (Å²) in [4.78, 5) is 7.29. The highest BCUT2D eigenvalue weighted by Crippen LogP contribution is 2.41. The number of benzene rings is 3. The van der Waals surface area contributed by atoms with Crippen LogP contribution in [0.4, 0.5) is 0 Å². The summed E-state index contributed by atoms with van der Waals surface area (Å²) in [5.41, 5.74) is 4.49. The summed E-state index contributed by atoms with van der Waals surface area (Å²) in [7, 11) is 0. The molecule has 0 bridgehead atoms. The molecule has 1 N–H and O–H groups in total. The van der Waals surface area contributed by atoms with Crippen molar-refractivity contribution in [3.05, 3.63) is 126 Å². The summed E-state index contributed by atoms with van der Waals surface area (Å²) in [5.74, 6) is 0. The normalized spacial score (nSPS) is 14.3. The van der Waals surface area contributed by atoms with E-state index < -0.39 is 5.54 Å². The van der Waals surface area contributed by atoms with E-state index in [1.807, 2.05) is 6.33 Å². The molecule has 37 heavy (non-hydrogen) atoms. The monoisotopic (exact) mass is 492 g/mol. The van der Waals surface area contributed by atoms with Gasteiger partial charge < -0.3 is 14.8 Å². The van der Waals surface area contributed by atoms with Gasteiger partial charge in [-0.25, -0.2) is 4.98 Å². The first-order chi connectivity index (χ1) is 18.4. The molecule has 3 aromatic carbocycles. The second-order valence-electron chi connectivity index (χ2n) is 10.2. The third-order valence-electron chi connectivity index (χ3n) is 7.71. The van der Waals surface area contributed by atoms with Crippen molar-refractivity contribution < 1.29 is 0 Å². The molecule has 4 nitrogen and oxygen atoms in total. The highest BCUT2D eigenvalue weighted by atomic mass is 15.1. The van der Waals surface area contributed by atoms with E-state index in [4.69, 9.17) is 0 Å². The quantitative estimate of drug-likeness (QED) is 0.180. The van der Waals surface area contributed by atoms with Gasteiger partial charge in [-0.3, -0.25) is 0 Å². The molecule has 0 atom stereocenters. The fourth-order valence-corrected chi connectivity index (χ4v) is 5.88. The van der Waals surface area contributed by atoms with Gasteiger partial charge in [-0.15, -0.1) is 0 Å². The third-order valence-corrected chi connectivity index (χ3v) is 7.71. The molecule has 0 unspecified atom stereocenters. The van der Waals surface area contributed by atoms with Crippen molar-refractivity contribution in [3.8, 4) is 0 Å². The Morgan fingerprint density at radius 3 is 1.78 bits per heavy atom. The molecular formula is C33H40N4. The maximum absolute atomic E-state index is 4.68. The van der Waals surface area contributed by atoms with Gasteiger partial charge in [0.15, 0.2) is 0 Å². The lowest BCUT2D eigenvalue weighted by molar-refractivity contribution is 0.329. The van der Waals surface area contributed by atoms with Crippen LogP contribution in [0.5, 0.6) is 0 Å². The van der Waals surface area contributed by atoms with Crippen LogP contribution < -0.4 is 5.32 Å². The van der Waals surface area contributed by atoms with E-state index in [0.717, 1.165) is 25.9 Å². The summed E-state index contributed by atoms with van der Waals surface area (Å²) in [5, 5.41) is 3.68. The molecule has 192 valence electrons. The smallest absolute Gasteiger partial charge is 0.121 e. The number of imidazole rings is 1. The predicted octanol–water partition coefficient (Wildman–Crippen LogP) is 6.12. The van der Waals surface area contributed by atoms with Crippen LogP contribution in [-0.4, -0.2) is 47.2 Å². The van der Waals surface area contributed by atoms with Crippen molar-refractivity contribution in [2.75, 3.05) is 32.7 Å². The molecule has 1 aliphatic rings. The van der Waals surface area contributed by atoms with Gasteiger partial charge in [0.1, 0.15) is 5.54 Å². The van der Waals surface area contributed by atoms with Crippen molar-refractivity contribution in [1.82, 2.24) is 19.8 Å². The van der Waals surface area contributed by atoms with Crippen molar-refractivity contribution >= 4 is 0 Å². The number of rotatable bonds is 13. The number of likely N-dealkylation sites (tertiary alicyclic amines) is 1. The average molecular weight is 493 g/mol. The molecule has 5 rings (SSSR count). The minimum Gasteiger partial charge on any atom is -0.317 e. The Labute approximate surface area is 222 Å². The topological polar surface area (TPSA) is 33.1 Å². The first-order valence-corrected chi connectivity index (χ1v) is 14.0. The molecule has 1 fully saturated rings. The van der Waals surface area contributed by atoms with E-state index in [1.165, 1.54) is 67.7 Å². The zero-order valence-corrected chi connectivity index (χ0v) is 21.9. The molecule has 0 aliphatic carbocycles. The van der Waals surface area contributed by atoms with Crippen molar-refractivity contribution in [2.45, 2.75) is 44.1 Å². The predicted molar refractivity (Wildman–Crippen MR) is 153 cm³/mol. The van der Waals surface area contributed by atoms with Gasteiger partial charge in [0.2, 0.25) is 0 Å². The van der Waals surface area contributed by atoms with E-state index in [1.54, 1.807) is 0 Å². The number of nitrogens with zero attached hydrogens (tertiary/aromatic N) is 3. The number of hydrogen-bond acceptors (Lipinski definition) is 3. The maximum Gasteiger partial charge on any atom is 0.121 e. The summed E-state index contributed by atoms with van der Waals surface area (Å²) in [6, 6.07) is 32.6. The summed E-state index contributed by atoms with van der Waals surface area (Å²) in [6.07, 6.45) is 11.5. The summed E-state index contributed by atoms with van der Waals surface area (Å²) < 4.78 is 2.41. The molecule has 1 aromatic heterocycles. The largest absolute Gasteiger partial charge is 0.317 e. The molecule has 0 saturated carbocycles. The fourth-order valence-electron chi connectivity index (χ4n) is 5.88. The minimum absolute atomic E-state index is 0.487. The van der Waals surface area contributed by atoms with Crippen LogP contribution in [0.3, 0.4) is 0 Å². The minimum atomic E-state index is -0.487. The number of hydrogen-bond donors (Lipinski definition) is 1. The Hall–Kier alpha value is -3.21. The first kappa shape index (κ1) is 25.4. The molecule has 1 aliphatic heterocycles. The van der Waals surface area contributed by atoms with Crippen LogP contribution in [0, 0.1) is 0 Å². The molecule has 4 aromatic rings.